The maximum Gasteiger partial charge on any atom is 0.257 e. The van der Waals surface area contributed by atoms with Crippen molar-refractivity contribution in [2.45, 2.75) is 39.2 Å². The Morgan fingerprint density at radius 1 is 0.816 bits per heavy atom. The third-order valence-corrected chi connectivity index (χ3v) is 6.94. The molecule has 0 radical (unpaired) electrons. The van der Waals surface area contributed by atoms with Crippen LogP contribution >= 0.6 is 0 Å². The second-order valence-electron chi connectivity index (χ2n) is 9.24. The van der Waals surface area contributed by atoms with Gasteiger partial charge in [0.15, 0.2) is 11.5 Å². The Kier molecular flexibility index (Phi) is 8.94. The van der Waals surface area contributed by atoms with Gasteiger partial charge in [-0.2, -0.15) is 0 Å². The van der Waals surface area contributed by atoms with Crippen LogP contribution in [0.3, 0.4) is 0 Å². The van der Waals surface area contributed by atoms with E-state index in [-0.39, 0.29) is 5.91 Å². The molecule has 202 valence electrons. The summed E-state index contributed by atoms with van der Waals surface area (Å²) in [5.74, 6) is 2.66. The number of piperidine rings is 1. The zero-order valence-corrected chi connectivity index (χ0v) is 22.8. The van der Waals surface area contributed by atoms with Crippen molar-refractivity contribution in [1.29, 1.82) is 0 Å². The first kappa shape index (κ1) is 27.1. The van der Waals surface area contributed by atoms with Crippen LogP contribution in [0.15, 0.2) is 42.7 Å². The van der Waals surface area contributed by atoms with E-state index < -0.39 is 0 Å². The maximum absolute atomic E-state index is 13.7. The Hall–Kier alpha value is -3.94. The highest BCUT2D eigenvalue weighted by Gasteiger charge is 2.27. The number of benzene rings is 2. The van der Waals surface area contributed by atoms with Gasteiger partial charge in [-0.05, 0) is 61.6 Å². The van der Waals surface area contributed by atoms with Gasteiger partial charge in [0, 0.05) is 43.0 Å². The highest BCUT2D eigenvalue weighted by molar-refractivity contribution is 5.97. The molecule has 2 aromatic carbocycles. The smallest absolute Gasteiger partial charge is 0.257 e. The summed E-state index contributed by atoms with van der Waals surface area (Å²) in [6.07, 6.45) is 7.14. The molecule has 0 saturated carbocycles. The number of aromatic nitrogens is 1. The minimum Gasteiger partial charge on any atom is -0.492 e. The molecule has 8 heteroatoms. The van der Waals surface area contributed by atoms with E-state index >= 15 is 0 Å². The lowest BCUT2D eigenvalue weighted by molar-refractivity contribution is 0.0719. The van der Waals surface area contributed by atoms with Crippen LogP contribution in [0, 0.1) is 6.92 Å². The van der Waals surface area contributed by atoms with Crippen molar-refractivity contribution in [3.8, 4) is 28.7 Å². The van der Waals surface area contributed by atoms with E-state index in [4.69, 9.17) is 23.7 Å². The van der Waals surface area contributed by atoms with Crippen LogP contribution < -0.4 is 23.7 Å². The van der Waals surface area contributed by atoms with Crippen LogP contribution in [0.4, 0.5) is 0 Å². The van der Waals surface area contributed by atoms with Crippen LogP contribution in [0.5, 0.6) is 28.7 Å². The first-order valence-electron chi connectivity index (χ1n) is 12.8. The molecule has 1 aromatic heterocycles. The molecule has 38 heavy (non-hydrogen) atoms. The number of carbonyl (C=O) groups excluding carboxylic acids is 1. The average Bonchev–Trinajstić information content (AvgIpc) is 2.97. The highest BCUT2D eigenvalue weighted by Crippen LogP contribution is 2.49. The average molecular weight is 521 g/mol. The highest BCUT2D eigenvalue weighted by atomic mass is 16.5. The van der Waals surface area contributed by atoms with Crippen molar-refractivity contribution >= 4 is 5.91 Å². The fourth-order valence-corrected chi connectivity index (χ4v) is 4.96. The van der Waals surface area contributed by atoms with Crippen molar-refractivity contribution in [3.63, 3.8) is 0 Å². The van der Waals surface area contributed by atoms with E-state index in [0.717, 1.165) is 54.6 Å². The summed E-state index contributed by atoms with van der Waals surface area (Å²) in [6.45, 7) is 3.83. The van der Waals surface area contributed by atoms with E-state index in [2.05, 4.69) is 4.98 Å². The molecular weight excluding hydrogens is 484 g/mol. The molecule has 1 saturated heterocycles. The summed E-state index contributed by atoms with van der Waals surface area (Å²) in [5, 5.41) is 0. The van der Waals surface area contributed by atoms with Gasteiger partial charge in [-0.15, -0.1) is 0 Å². The molecule has 0 atom stereocenters. The number of likely N-dealkylation sites (tertiary alicyclic amines) is 1. The minimum absolute atomic E-state index is 0.00939. The zero-order valence-electron chi connectivity index (χ0n) is 22.8. The molecule has 2 heterocycles. The summed E-state index contributed by atoms with van der Waals surface area (Å²) in [6, 6.07) is 9.60. The second-order valence-corrected chi connectivity index (χ2v) is 9.24. The van der Waals surface area contributed by atoms with Gasteiger partial charge in [0.2, 0.25) is 11.5 Å². The van der Waals surface area contributed by atoms with Crippen molar-refractivity contribution in [2.75, 3.05) is 41.5 Å². The third kappa shape index (κ3) is 5.64. The minimum atomic E-state index is -0.00939. The standard InChI is InChI=1S/C30H36N2O6/c1-20-23(27(35-3)29(37-5)28(36-4)26(20)34-2)17-22-9-10-25(38-19-21-11-13-31-14-12-21)24(18-22)30(33)32-15-7-6-8-16-32/h9-14,18H,6-8,15-17,19H2,1-5H3. The second kappa shape index (κ2) is 12.5. The maximum atomic E-state index is 13.7. The monoisotopic (exact) mass is 520 g/mol. The van der Waals surface area contributed by atoms with Crippen molar-refractivity contribution in [2.24, 2.45) is 0 Å². The number of nitrogens with zero attached hydrogens (tertiary/aromatic N) is 2. The number of methoxy groups -OCH3 is 4. The van der Waals surface area contributed by atoms with Crippen molar-refractivity contribution in [3.05, 3.63) is 70.5 Å². The van der Waals surface area contributed by atoms with Crippen LogP contribution in [0.25, 0.3) is 0 Å². The summed E-state index contributed by atoms with van der Waals surface area (Å²) >= 11 is 0. The van der Waals surface area contributed by atoms with Crippen LogP contribution in [-0.2, 0) is 13.0 Å². The Morgan fingerprint density at radius 3 is 2.08 bits per heavy atom. The quantitative estimate of drug-likeness (QED) is 0.363. The molecule has 0 N–H and O–H groups in total. The lowest BCUT2D eigenvalue weighted by Crippen LogP contribution is -2.35. The van der Waals surface area contributed by atoms with Gasteiger partial charge in [-0.25, -0.2) is 0 Å². The number of ether oxygens (including phenoxy) is 5. The summed E-state index contributed by atoms with van der Waals surface area (Å²) in [7, 11) is 6.35. The number of hydrogen-bond acceptors (Lipinski definition) is 7. The van der Waals surface area contributed by atoms with Gasteiger partial charge < -0.3 is 28.6 Å². The molecular formula is C30H36N2O6. The number of amides is 1. The Morgan fingerprint density at radius 2 is 1.45 bits per heavy atom. The number of hydrogen-bond donors (Lipinski definition) is 0. The van der Waals surface area contributed by atoms with E-state index in [9.17, 15) is 4.79 Å². The number of pyridine rings is 1. The SMILES string of the molecule is COc1c(C)c(Cc2ccc(OCc3ccncc3)c(C(=O)N3CCCCC3)c2)c(OC)c(OC)c1OC. The van der Waals surface area contributed by atoms with Crippen LogP contribution in [-0.4, -0.2) is 57.3 Å². The third-order valence-electron chi connectivity index (χ3n) is 6.94. The summed E-state index contributed by atoms with van der Waals surface area (Å²) < 4.78 is 28.8. The van der Waals surface area contributed by atoms with Crippen molar-refractivity contribution < 1.29 is 28.5 Å². The van der Waals surface area contributed by atoms with Crippen LogP contribution in [0.1, 0.15) is 51.9 Å². The summed E-state index contributed by atoms with van der Waals surface area (Å²) in [4.78, 5) is 19.7. The molecule has 1 aliphatic rings. The number of carbonyl (C=O) groups is 1. The van der Waals surface area contributed by atoms with Gasteiger partial charge >= 0.3 is 0 Å². The Labute approximate surface area is 224 Å². The molecule has 4 rings (SSSR count). The molecule has 0 aliphatic carbocycles. The predicted molar refractivity (Wildman–Crippen MR) is 145 cm³/mol. The zero-order chi connectivity index (χ0) is 27.1. The van der Waals surface area contributed by atoms with E-state index in [1.165, 1.54) is 0 Å². The fraction of sp³-hybridized carbons (Fsp3) is 0.400. The summed E-state index contributed by atoms with van der Waals surface area (Å²) in [5.41, 5.74) is 4.26. The van der Waals surface area contributed by atoms with Gasteiger partial charge in [-0.1, -0.05) is 6.07 Å². The van der Waals surface area contributed by atoms with E-state index in [1.807, 2.05) is 42.2 Å². The van der Waals surface area contributed by atoms with Gasteiger partial charge in [0.1, 0.15) is 12.4 Å². The Bertz CT molecular complexity index is 1260. The molecule has 0 unspecified atom stereocenters. The molecule has 1 fully saturated rings. The van der Waals surface area contributed by atoms with E-state index in [0.29, 0.717) is 47.3 Å². The molecule has 1 aliphatic heterocycles. The fourth-order valence-electron chi connectivity index (χ4n) is 4.96. The predicted octanol–water partition coefficient (Wildman–Crippen LogP) is 5.22. The largest absolute Gasteiger partial charge is 0.492 e. The topological polar surface area (TPSA) is 79.4 Å². The normalized spacial score (nSPS) is 13.1. The first-order chi connectivity index (χ1) is 18.5. The van der Waals surface area contributed by atoms with Gasteiger partial charge in [0.05, 0.1) is 34.0 Å². The number of rotatable bonds is 10. The van der Waals surface area contributed by atoms with Crippen LogP contribution in [0.2, 0.25) is 0 Å². The Balaban J connectivity index is 1.73. The lowest BCUT2D eigenvalue weighted by atomic mass is 9.95. The first-order valence-corrected chi connectivity index (χ1v) is 12.8. The molecule has 8 nitrogen and oxygen atoms in total. The molecule has 0 bridgehead atoms. The molecule has 1 amide bonds. The van der Waals surface area contributed by atoms with Gasteiger partial charge in [-0.3, -0.25) is 9.78 Å². The lowest BCUT2D eigenvalue weighted by Gasteiger charge is -2.27. The van der Waals surface area contributed by atoms with Crippen molar-refractivity contribution in [1.82, 2.24) is 9.88 Å². The van der Waals surface area contributed by atoms with Gasteiger partial charge in [0.25, 0.3) is 5.91 Å². The molecule has 0 spiro atoms. The molecule has 3 aromatic rings. The van der Waals surface area contributed by atoms with E-state index in [1.54, 1.807) is 40.8 Å².